The molecule has 0 spiro atoms. The van der Waals surface area contributed by atoms with Gasteiger partial charge in [0.05, 0.1) is 0 Å². The Bertz CT molecular complexity index is 372. The Kier molecular flexibility index (Phi) is 4.45. The minimum Gasteiger partial charge on any atom is -0.370 e. The summed E-state index contributed by atoms with van der Waals surface area (Å²) in [5, 5.41) is 3.36. The van der Waals surface area contributed by atoms with Crippen LogP contribution in [-0.2, 0) is 0 Å². The minimum atomic E-state index is 0.513. The predicted octanol–water partition coefficient (Wildman–Crippen LogP) is 3.53. The fourth-order valence-electron chi connectivity index (χ4n) is 2.08. The molecule has 1 fully saturated rings. The highest BCUT2D eigenvalue weighted by molar-refractivity contribution is 5.47. The summed E-state index contributed by atoms with van der Waals surface area (Å²) in [4.78, 5) is 7.15. The first-order valence-corrected chi connectivity index (χ1v) is 7.18. The van der Waals surface area contributed by atoms with Crippen molar-refractivity contribution >= 4 is 11.6 Å². The van der Waals surface area contributed by atoms with E-state index in [1.165, 1.54) is 12.8 Å². The molecule has 1 heterocycles. The molecule has 2 rings (SSSR count). The van der Waals surface area contributed by atoms with Crippen molar-refractivity contribution in [3.63, 3.8) is 0 Å². The molecule has 0 saturated heterocycles. The molecule has 0 atom stereocenters. The second-order valence-corrected chi connectivity index (χ2v) is 5.50. The van der Waals surface area contributed by atoms with E-state index in [-0.39, 0.29) is 0 Å². The molecule has 0 unspecified atom stereocenters. The van der Waals surface area contributed by atoms with Gasteiger partial charge in [0, 0.05) is 19.1 Å². The smallest absolute Gasteiger partial charge is 0.131 e. The van der Waals surface area contributed by atoms with Gasteiger partial charge < -0.3 is 10.2 Å². The molecule has 0 bridgehead atoms. The van der Waals surface area contributed by atoms with Gasteiger partial charge in [0.1, 0.15) is 11.6 Å². The molecule has 0 radical (unpaired) electrons. The van der Waals surface area contributed by atoms with Crippen molar-refractivity contribution in [2.45, 2.75) is 46.1 Å². The number of hydrogen-bond acceptors (Lipinski definition) is 3. The van der Waals surface area contributed by atoms with E-state index in [1.54, 1.807) is 0 Å². The van der Waals surface area contributed by atoms with Crippen molar-refractivity contribution in [3.05, 3.63) is 18.2 Å². The topological polar surface area (TPSA) is 28.2 Å². The number of pyridine rings is 1. The van der Waals surface area contributed by atoms with Crippen LogP contribution in [0.3, 0.4) is 0 Å². The summed E-state index contributed by atoms with van der Waals surface area (Å²) in [5.74, 6) is 3.00. The largest absolute Gasteiger partial charge is 0.370 e. The number of hydrogen-bond donors (Lipinski definition) is 1. The number of anilines is 2. The van der Waals surface area contributed by atoms with Crippen molar-refractivity contribution < 1.29 is 0 Å². The second-order valence-electron chi connectivity index (χ2n) is 5.50. The molecule has 0 aliphatic heterocycles. The molecule has 3 nitrogen and oxygen atoms in total. The van der Waals surface area contributed by atoms with Crippen LogP contribution in [0.4, 0.5) is 11.6 Å². The van der Waals surface area contributed by atoms with Crippen molar-refractivity contribution in [1.29, 1.82) is 0 Å². The maximum absolute atomic E-state index is 4.73. The van der Waals surface area contributed by atoms with E-state index >= 15 is 0 Å². The molecule has 1 N–H and O–H groups in total. The highest BCUT2D eigenvalue weighted by Gasteiger charge is 2.26. The molecule has 100 valence electrons. The van der Waals surface area contributed by atoms with E-state index in [2.05, 4.69) is 49.2 Å². The van der Waals surface area contributed by atoms with Crippen LogP contribution in [0.15, 0.2) is 18.2 Å². The lowest BCUT2D eigenvalue weighted by Crippen LogP contribution is -2.33. The van der Waals surface area contributed by atoms with Crippen LogP contribution in [0, 0.1) is 5.92 Å². The standard InChI is InChI=1S/C15H25N3/c1-4-10-16-14-6-5-7-15(17-14)18(12(2)3)11-13-8-9-13/h5-7,12-13H,4,8-11H2,1-3H3,(H,16,17). The van der Waals surface area contributed by atoms with Gasteiger partial charge in [-0.3, -0.25) is 0 Å². The first-order valence-electron chi connectivity index (χ1n) is 7.18. The molecule has 1 aromatic rings. The Balaban J connectivity index is 2.07. The molecule has 1 aliphatic rings. The summed E-state index contributed by atoms with van der Waals surface area (Å²) in [7, 11) is 0. The van der Waals surface area contributed by atoms with Crippen LogP contribution in [0.2, 0.25) is 0 Å². The molecular formula is C15H25N3. The van der Waals surface area contributed by atoms with Crippen LogP contribution in [-0.4, -0.2) is 24.1 Å². The highest BCUT2D eigenvalue weighted by Crippen LogP contribution is 2.32. The van der Waals surface area contributed by atoms with Crippen molar-refractivity contribution in [3.8, 4) is 0 Å². The number of nitrogens with one attached hydrogen (secondary N) is 1. The van der Waals surface area contributed by atoms with Crippen LogP contribution in [0.25, 0.3) is 0 Å². The van der Waals surface area contributed by atoms with E-state index in [4.69, 9.17) is 4.98 Å². The summed E-state index contributed by atoms with van der Waals surface area (Å²) in [6.07, 6.45) is 3.90. The molecule has 3 heteroatoms. The minimum absolute atomic E-state index is 0.513. The summed E-state index contributed by atoms with van der Waals surface area (Å²) in [5.41, 5.74) is 0. The van der Waals surface area contributed by atoms with Crippen molar-refractivity contribution in [2.24, 2.45) is 5.92 Å². The number of nitrogens with zero attached hydrogens (tertiary/aromatic N) is 2. The van der Waals surface area contributed by atoms with Gasteiger partial charge >= 0.3 is 0 Å². The van der Waals surface area contributed by atoms with Gasteiger partial charge in [0.25, 0.3) is 0 Å². The summed E-state index contributed by atoms with van der Waals surface area (Å²) in [6, 6.07) is 6.79. The van der Waals surface area contributed by atoms with E-state index in [0.717, 1.165) is 37.1 Å². The molecule has 1 aliphatic carbocycles. The fourth-order valence-corrected chi connectivity index (χ4v) is 2.08. The molecule has 18 heavy (non-hydrogen) atoms. The number of aromatic nitrogens is 1. The predicted molar refractivity (Wildman–Crippen MR) is 78.2 cm³/mol. The Morgan fingerprint density at radius 3 is 2.78 bits per heavy atom. The van der Waals surface area contributed by atoms with Gasteiger partial charge in [-0.1, -0.05) is 13.0 Å². The lowest BCUT2D eigenvalue weighted by molar-refractivity contribution is 0.637. The quantitative estimate of drug-likeness (QED) is 0.799. The van der Waals surface area contributed by atoms with E-state index < -0.39 is 0 Å². The van der Waals surface area contributed by atoms with Gasteiger partial charge in [0.2, 0.25) is 0 Å². The molecular weight excluding hydrogens is 222 g/mol. The fraction of sp³-hybridized carbons (Fsp3) is 0.667. The Morgan fingerprint density at radius 1 is 1.39 bits per heavy atom. The van der Waals surface area contributed by atoms with Gasteiger partial charge in [-0.15, -0.1) is 0 Å². The normalized spacial score (nSPS) is 14.9. The maximum Gasteiger partial charge on any atom is 0.131 e. The zero-order valence-electron chi connectivity index (χ0n) is 11.8. The summed E-state index contributed by atoms with van der Waals surface area (Å²) >= 11 is 0. The third kappa shape index (κ3) is 3.62. The summed E-state index contributed by atoms with van der Waals surface area (Å²) < 4.78 is 0. The number of rotatable bonds is 7. The first-order chi connectivity index (χ1) is 8.70. The monoisotopic (exact) mass is 247 g/mol. The second kappa shape index (κ2) is 6.07. The lowest BCUT2D eigenvalue weighted by Gasteiger charge is -2.28. The van der Waals surface area contributed by atoms with E-state index in [0.29, 0.717) is 6.04 Å². The zero-order valence-corrected chi connectivity index (χ0v) is 11.8. The molecule has 1 saturated carbocycles. The SMILES string of the molecule is CCCNc1cccc(N(CC2CC2)C(C)C)n1. The van der Waals surface area contributed by atoms with Crippen LogP contribution in [0.5, 0.6) is 0 Å². The van der Waals surface area contributed by atoms with Crippen LogP contribution < -0.4 is 10.2 Å². The molecule has 0 amide bonds. The first kappa shape index (κ1) is 13.2. The van der Waals surface area contributed by atoms with Gasteiger partial charge in [-0.25, -0.2) is 4.98 Å². The maximum atomic E-state index is 4.73. The van der Waals surface area contributed by atoms with Crippen LogP contribution in [0.1, 0.15) is 40.0 Å². The molecule has 0 aromatic carbocycles. The Labute approximate surface area is 111 Å². The average molecular weight is 247 g/mol. The average Bonchev–Trinajstić information content (AvgIpc) is 3.17. The van der Waals surface area contributed by atoms with Gasteiger partial charge in [-0.05, 0) is 51.2 Å². The lowest BCUT2D eigenvalue weighted by atomic mass is 10.2. The third-order valence-electron chi connectivity index (χ3n) is 3.36. The Hall–Kier alpha value is -1.25. The van der Waals surface area contributed by atoms with Gasteiger partial charge in [-0.2, -0.15) is 0 Å². The third-order valence-corrected chi connectivity index (χ3v) is 3.36. The highest BCUT2D eigenvalue weighted by atomic mass is 15.2. The molecule has 1 aromatic heterocycles. The van der Waals surface area contributed by atoms with Crippen molar-refractivity contribution in [2.75, 3.05) is 23.3 Å². The van der Waals surface area contributed by atoms with E-state index in [1.807, 2.05) is 0 Å². The zero-order chi connectivity index (χ0) is 13.0. The van der Waals surface area contributed by atoms with Crippen molar-refractivity contribution in [1.82, 2.24) is 4.98 Å². The van der Waals surface area contributed by atoms with Crippen LogP contribution >= 0.6 is 0 Å². The van der Waals surface area contributed by atoms with E-state index in [9.17, 15) is 0 Å². The summed E-state index contributed by atoms with van der Waals surface area (Å²) in [6.45, 7) is 8.80. The Morgan fingerprint density at radius 2 is 2.17 bits per heavy atom. The van der Waals surface area contributed by atoms with Gasteiger partial charge in [0.15, 0.2) is 0 Å².